The average molecular weight is 487 g/mol. The fraction of sp³-hybridized carbons (Fsp3) is 0.667. The molecule has 0 spiro atoms. The van der Waals surface area contributed by atoms with Crippen molar-refractivity contribution in [3.8, 4) is 11.8 Å². The summed E-state index contributed by atoms with van der Waals surface area (Å²) in [6.07, 6.45) is 4.15. The topological polar surface area (TPSA) is 66.9 Å². The molecule has 0 aromatic carbocycles. The second-order valence-electron chi connectivity index (χ2n) is 10.9. The SMILES string of the molecule is COC(=O)c1sc(C#CC(C)(C)C)cc1N(C(=O)C1CCC(C)CC1)C1CCN(C(C)C)C1=O. The molecule has 1 aliphatic carbocycles. The Morgan fingerprint density at radius 3 is 2.35 bits per heavy atom. The van der Waals surface area contributed by atoms with Gasteiger partial charge >= 0.3 is 5.97 Å². The van der Waals surface area contributed by atoms with Gasteiger partial charge in [-0.1, -0.05) is 18.8 Å². The molecule has 1 saturated heterocycles. The Bertz CT molecular complexity index is 986. The van der Waals surface area contributed by atoms with Crippen molar-refractivity contribution < 1.29 is 19.1 Å². The molecule has 2 amide bonds. The van der Waals surface area contributed by atoms with Crippen molar-refractivity contribution in [2.24, 2.45) is 17.3 Å². The van der Waals surface area contributed by atoms with Crippen LogP contribution in [0.3, 0.4) is 0 Å². The Morgan fingerprint density at radius 1 is 1.18 bits per heavy atom. The van der Waals surface area contributed by atoms with Gasteiger partial charge in [0.15, 0.2) is 0 Å². The molecular weight excluding hydrogens is 448 g/mol. The van der Waals surface area contributed by atoms with Gasteiger partial charge in [0.25, 0.3) is 0 Å². The summed E-state index contributed by atoms with van der Waals surface area (Å²) in [4.78, 5) is 44.6. The van der Waals surface area contributed by atoms with Gasteiger partial charge in [-0.25, -0.2) is 4.79 Å². The summed E-state index contributed by atoms with van der Waals surface area (Å²) in [6.45, 7) is 12.8. The standard InChI is InChI=1S/C27H38N2O4S/c1-17(2)28-15-13-21(25(28)31)29(24(30)19-10-8-18(3)9-11-19)22-16-20(12-14-27(4,5)6)34-23(22)26(32)33-7/h16-19,21H,8-11,13,15H2,1-7H3. The minimum Gasteiger partial charge on any atom is -0.465 e. The van der Waals surface area contributed by atoms with Gasteiger partial charge in [-0.15, -0.1) is 11.3 Å². The van der Waals surface area contributed by atoms with Crippen molar-refractivity contribution in [3.63, 3.8) is 0 Å². The second kappa shape index (κ2) is 10.5. The van der Waals surface area contributed by atoms with E-state index in [1.807, 2.05) is 39.5 Å². The molecular formula is C27H38N2O4S. The highest BCUT2D eigenvalue weighted by Crippen LogP contribution is 2.38. The summed E-state index contributed by atoms with van der Waals surface area (Å²) >= 11 is 1.23. The van der Waals surface area contributed by atoms with Gasteiger partial charge in [-0.2, -0.15) is 0 Å². The number of nitrogens with zero attached hydrogens (tertiary/aromatic N) is 2. The van der Waals surface area contributed by atoms with E-state index in [2.05, 4.69) is 18.8 Å². The molecule has 0 bridgehead atoms. The average Bonchev–Trinajstić information content (AvgIpc) is 3.36. The zero-order chi connectivity index (χ0) is 25.2. The molecule has 7 heteroatoms. The van der Waals surface area contributed by atoms with Crippen LogP contribution in [0.2, 0.25) is 0 Å². The zero-order valence-corrected chi connectivity index (χ0v) is 22.4. The van der Waals surface area contributed by atoms with Crippen LogP contribution in [0.15, 0.2) is 6.07 Å². The van der Waals surface area contributed by atoms with Gasteiger partial charge in [-0.05, 0) is 78.7 Å². The smallest absolute Gasteiger partial charge is 0.350 e. The Labute approximate surface area is 208 Å². The summed E-state index contributed by atoms with van der Waals surface area (Å²) in [5.41, 5.74) is 0.255. The number of carbonyl (C=O) groups is 3. The van der Waals surface area contributed by atoms with E-state index in [0.29, 0.717) is 34.3 Å². The first kappa shape index (κ1) is 26.3. The summed E-state index contributed by atoms with van der Waals surface area (Å²) in [7, 11) is 1.34. The Kier molecular flexibility index (Phi) is 8.13. The van der Waals surface area contributed by atoms with Crippen molar-refractivity contribution in [3.05, 3.63) is 15.8 Å². The number of carbonyl (C=O) groups excluding carboxylic acids is 3. The lowest BCUT2D eigenvalue weighted by atomic mass is 9.82. The molecule has 1 saturated carbocycles. The van der Waals surface area contributed by atoms with Crippen LogP contribution in [-0.4, -0.2) is 48.4 Å². The van der Waals surface area contributed by atoms with E-state index < -0.39 is 12.0 Å². The number of methoxy groups -OCH3 is 1. The molecule has 6 nitrogen and oxygen atoms in total. The highest BCUT2D eigenvalue weighted by Gasteiger charge is 2.43. The van der Waals surface area contributed by atoms with Gasteiger partial charge in [-0.3, -0.25) is 14.5 Å². The number of anilines is 1. The van der Waals surface area contributed by atoms with Gasteiger partial charge in [0.05, 0.1) is 17.7 Å². The molecule has 186 valence electrons. The molecule has 3 rings (SSSR count). The molecule has 2 fully saturated rings. The molecule has 34 heavy (non-hydrogen) atoms. The molecule has 1 aliphatic heterocycles. The second-order valence-corrected chi connectivity index (χ2v) is 12.0. The number of hydrogen-bond acceptors (Lipinski definition) is 5. The largest absolute Gasteiger partial charge is 0.465 e. The first-order chi connectivity index (χ1) is 15.9. The number of likely N-dealkylation sites (tertiary alicyclic amines) is 1. The molecule has 0 N–H and O–H groups in total. The van der Waals surface area contributed by atoms with Gasteiger partial charge in [0.1, 0.15) is 10.9 Å². The Hall–Kier alpha value is -2.33. The van der Waals surface area contributed by atoms with E-state index in [1.165, 1.54) is 18.4 Å². The zero-order valence-electron chi connectivity index (χ0n) is 21.6. The lowest BCUT2D eigenvalue weighted by Gasteiger charge is -2.34. The van der Waals surface area contributed by atoms with Crippen LogP contribution < -0.4 is 4.90 Å². The predicted molar refractivity (Wildman–Crippen MR) is 136 cm³/mol. The summed E-state index contributed by atoms with van der Waals surface area (Å²) < 4.78 is 5.06. The normalized spacial score (nSPS) is 23.0. The number of amides is 2. The first-order valence-corrected chi connectivity index (χ1v) is 13.1. The van der Waals surface area contributed by atoms with E-state index in [-0.39, 0.29) is 29.2 Å². The third-order valence-electron chi connectivity index (χ3n) is 6.65. The van der Waals surface area contributed by atoms with Crippen LogP contribution in [0.25, 0.3) is 0 Å². The number of hydrogen-bond donors (Lipinski definition) is 0. The monoisotopic (exact) mass is 486 g/mol. The van der Waals surface area contributed by atoms with Gasteiger partial charge in [0, 0.05) is 23.9 Å². The first-order valence-electron chi connectivity index (χ1n) is 12.3. The minimum atomic E-state index is -0.615. The number of esters is 1. The molecule has 1 aromatic heterocycles. The van der Waals surface area contributed by atoms with Crippen LogP contribution in [0.1, 0.15) is 88.2 Å². The summed E-state index contributed by atoms with van der Waals surface area (Å²) in [5.74, 6) is 6.19. The van der Waals surface area contributed by atoms with E-state index in [0.717, 1.165) is 25.7 Å². The molecule has 2 heterocycles. The van der Waals surface area contributed by atoms with E-state index in [9.17, 15) is 14.4 Å². The Balaban J connectivity index is 2.09. The number of ether oxygens (including phenoxy) is 1. The van der Waals surface area contributed by atoms with Crippen molar-refractivity contribution in [2.75, 3.05) is 18.6 Å². The number of rotatable bonds is 5. The minimum absolute atomic E-state index is 0.0562. The maximum Gasteiger partial charge on any atom is 0.350 e. The fourth-order valence-electron chi connectivity index (χ4n) is 4.69. The van der Waals surface area contributed by atoms with Crippen LogP contribution in [0.5, 0.6) is 0 Å². The fourth-order valence-corrected chi connectivity index (χ4v) is 5.61. The lowest BCUT2D eigenvalue weighted by molar-refractivity contribution is -0.133. The maximum atomic E-state index is 14.0. The van der Waals surface area contributed by atoms with E-state index >= 15 is 0 Å². The van der Waals surface area contributed by atoms with Crippen molar-refractivity contribution in [1.29, 1.82) is 0 Å². The third-order valence-corrected chi connectivity index (χ3v) is 7.67. The molecule has 0 radical (unpaired) electrons. The highest BCUT2D eigenvalue weighted by molar-refractivity contribution is 7.15. The molecule has 1 atom stereocenters. The van der Waals surface area contributed by atoms with Crippen molar-refractivity contribution in [2.45, 2.75) is 85.7 Å². The molecule has 2 aliphatic rings. The summed E-state index contributed by atoms with van der Waals surface area (Å²) in [6, 6.07) is 1.24. The lowest BCUT2D eigenvalue weighted by Crippen LogP contribution is -2.49. The van der Waals surface area contributed by atoms with Crippen LogP contribution in [0.4, 0.5) is 5.69 Å². The van der Waals surface area contributed by atoms with Crippen molar-refractivity contribution in [1.82, 2.24) is 4.90 Å². The van der Waals surface area contributed by atoms with Crippen LogP contribution in [-0.2, 0) is 14.3 Å². The number of thiophene rings is 1. The van der Waals surface area contributed by atoms with E-state index in [4.69, 9.17) is 4.74 Å². The highest BCUT2D eigenvalue weighted by atomic mass is 32.1. The third kappa shape index (κ3) is 5.83. The van der Waals surface area contributed by atoms with Crippen LogP contribution >= 0.6 is 11.3 Å². The maximum absolute atomic E-state index is 14.0. The van der Waals surface area contributed by atoms with Gasteiger partial charge in [0.2, 0.25) is 11.8 Å². The van der Waals surface area contributed by atoms with Crippen molar-refractivity contribution >= 4 is 34.8 Å². The molecule has 1 aromatic rings. The quantitative estimate of drug-likeness (QED) is 0.429. The predicted octanol–water partition coefficient (Wildman–Crippen LogP) is 5.10. The van der Waals surface area contributed by atoms with Gasteiger partial charge < -0.3 is 9.64 Å². The summed E-state index contributed by atoms with van der Waals surface area (Å²) in [5, 5.41) is 0. The molecule has 1 unspecified atom stereocenters. The Morgan fingerprint density at radius 2 is 1.82 bits per heavy atom. The van der Waals surface area contributed by atoms with Crippen LogP contribution in [0, 0.1) is 29.1 Å². The van der Waals surface area contributed by atoms with E-state index in [1.54, 1.807) is 11.0 Å².